The Labute approximate surface area is 129 Å². The Morgan fingerprint density at radius 3 is 2.09 bits per heavy atom. The Morgan fingerprint density at radius 1 is 0.818 bits per heavy atom. The Balaban J connectivity index is 2.10. The van der Waals surface area contributed by atoms with Crippen molar-refractivity contribution in [2.75, 3.05) is 4.90 Å². The Morgan fingerprint density at radius 2 is 1.45 bits per heavy atom. The lowest BCUT2D eigenvalue weighted by Crippen LogP contribution is -2.26. The van der Waals surface area contributed by atoms with Crippen LogP contribution in [-0.4, -0.2) is 10.9 Å². The van der Waals surface area contributed by atoms with E-state index in [0.717, 1.165) is 11.4 Å². The molecule has 0 aliphatic carbocycles. The Bertz CT molecular complexity index is 770. The highest BCUT2D eigenvalue weighted by molar-refractivity contribution is 6.10. The summed E-state index contributed by atoms with van der Waals surface area (Å²) < 4.78 is 0. The average Bonchev–Trinajstić information content (AvgIpc) is 2.57. The number of para-hydroxylation sites is 1. The molecule has 3 aromatic rings. The van der Waals surface area contributed by atoms with E-state index < -0.39 is 0 Å². The van der Waals surface area contributed by atoms with Gasteiger partial charge in [0.2, 0.25) is 0 Å². The molecule has 0 radical (unpaired) electrons. The van der Waals surface area contributed by atoms with Gasteiger partial charge in [-0.25, -0.2) is 4.98 Å². The van der Waals surface area contributed by atoms with Crippen LogP contribution in [0.4, 0.5) is 11.5 Å². The predicted molar refractivity (Wildman–Crippen MR) is 88.3 cm³/mol. The van der Waals surface area contributed by atoms with Crippen molar-refractivity contribution in [3.05, 3.63) is 90.1 Å². The number of carbonyl (C=O) groups is 1. The number of rotatable bonds is 3. The first-order chi connectivity index (χ1) is 10.8. The van der Waals surface area contributed by atoms with Crippen LogP contribution in [-0.2, 0) is 0 Å². The Kier molecular flexibility index (Phi) is 3.97. The molecule has 0 aliphatic rings. The molecular weight excluding hydrogens is 272 g/mol. The molecule has 0 unspecified atom stereocenters. The lowest BCUT2D eigenvalue weighted by atomic mass is 10.1. The zero-order valence-corrected chi connectivity index (χ0v) is 12.3. The first-order valence-corrected chi connectivity index (χ1v) is 7.14. The van der Waals surface area contributed by atoms with Gasteiger partial charge in [-0.2, -0.15) is 0 Å². The summed E-state index contributed by atoms with van der Waals surface area (Å²) in [6.45, 7) is 1.92. The second-order valence-electron chi connectivity index (χ2n) is 4.98. The third-order valence-electron chi connectivity index (χ3n) is 3.34. The van der Waals surface area contributed by atoms with Crippen LogP contribution >= 0.6 is 0 Å². The van der Waals surface area contributed by atoms with Gasteiger partial charge in [-0.1, -0.05) is 42.5 Å². The second kappa shape index (κ2) is 6.22. The van der Waals surface area contributed by atoms with Crippen molar-refractivity contribution in [2.45, 2.75) is 6.92 Å². The van der Waals surface area contributed by atoms with Crippen molar-refractivity contribution < 1.29 is 4.79 Å². The number of pyridine rings is 1. The van der Waals surface area contributed by atoms with E-state index in [1.54, 1.807) is 4.90 Å². The minimum Gasteiger partial charge on any atom is -0.268 e. The van der Waals surface area contributed by atoms with Gasteiger partial charge in [0.05, 0.1) is 5.69 Å². The number of hydrogen-bond donors (Lipinski definition) is 0. The molecule has 0 atom stereocenters. The zero-order valence-electron chi connectivity index (χ0n) is 12.3. The summed E-state index contributed by atoms with van der Waals surface area (Å²) >= 11 is 0. The second-order valence-corrected chi connectivity index (χ2v) is 4.98. The van der Waals surface area contributed by atoms with E-state index in [2.05, 4.69) is 4.98 Å². The lowest BCUT2D eigenvalue weighted by Gasteiger charge is -2.22. The molecule has 0 N–H and O–H groups in total. The summed E-state index contributed by atoms with van der Waals surface area (Å²) in [5, 5.41) is 0. The van der Waals surface area contributed by atoms with Crippen LogP contribution in [0, 0.1) is 6.92 Å². The van der Waals surface area contributed by atoms with E-state index in [1.165, 1.54) is 0 Å². The van der Waals surface area contributed by atoms with Crippen molar-refractivity contribution in [3.8, 4) is 0 Å². The molecule has 1 heterocycles. The van der Waals surface area contributed by atoms with Gasteiger partial charge in [0.15, 0.2) is 0 Å². The number of hydrogen-bond acceptors (Lipinski definition) is 2. The van der Waals surface area contributed by atoms with E-state index in [4.69, 9.17) is 0 Å². The maximum absolute atomic E-state index is 12.9. The quantitative estimate of drug-likeness (QED) is 0.717. The molecule has 1 aromatic heterocycles. The van der Waals surface area contributed by atoms with Crippen LogP contribution < -0.4 is 4.90 Å². The van der Waals surface area contributed by atoms with Crippen molar-refractivity contribution >= 4 is 17.4 Å². The molecule has 3 nitrogen and oxygen atoms in total. The highest BCUT2D eigenvalue weighted by atomic mass is 16.2. The largest absolute Gasteiger partial charge is 0.268 e. The standard InChI is InChI=1S/C19H16N2O/c1-15-9-8-14-18(20-15)21(17-12-6-3-7-13-17)19(22)16-10-4-2-5-11-16/h2-14H,1H3. The molecule has 0 fully saturated rings. The van der Waals surface area contributed by atoms with Crippen LogP contribution in [0.3, 0.4) is 0 Å². The first-order valence-electron chi connectivity index (χ1n) is 7.14. The highest BCUT2D eigenvalue weighted by Crippen LogP contribution is 2.25. The SMILES string of the molecule is Cc1cccc(N(C(=O)c2ccccc2)c2ccccc2)n1. The third-order valence-corrected chi connectivity index (χ3v) is 3.34. The molecule has 1 amide bonds. The van der Waals surface area contributed by atoms with Crippen LogP contribution in [0.15, 0.2) is 78.9 Å². The minimum atomic E-state index is -0.0927. The van der Waals surface area contributed by atoms with Gasteiger partial charge in [-0.3, -0.25) is 9.69 Å². The molecule has 0 spiro atoms. The zero-order chi connectivity index (χ0) is 15.4. The van der Waals surface area contributed by atoms with Gasteiger partial charge < -0.3 is 0 Å². The number of anilines is 2. The predicted octanol–water partition coefficient (Wildman–Crippen LogP) is 4.37. The fourth-order valence-electron chi connectivity index (χ4n) is 2.29. The molecule has 2 aromatic carbocycles. The van der Waals surface area contributed by atoms with Crippen molar-refractivity contribution in [2.24, 2.45) is 0 Å². The van der Waals surface area contributed by atoms with E-state index in [1.807, 2.05) is 85.8 Å². The van der Waals surface area contributed by atoms with Crippen LogP contribution in [0.1, 0.15) is 16.1 Å². The molecule has 22 heavy (non-hydrogen) atoms. The van der Waals surface area contributed by atoms with Crippen molar-refractivity contribution in [1.29, 1.82) is 0 Å². The number of aromatic nitrogens is 1. The average molecular weight is 288 g/mol. The van der Waals surface area contributed by atoms with Crippen LogP contribution in [0.2, 0.25) is 0 Å². The maximum Gasteiger partial charge on any atom is 0.264 e. The highest BCUT2D eigenvalue weighted by Gasteiger charge is 2.20. The summed E-state index contributed by atoms with van der Waals surface area (Å²) in [5.74, 6) is 0.532. The third kappa shape index (κ3) is 2.88. The van der Waals surface area contributed by atoms with Crippen LogP contribution in [0.5, 0.6) is 0 Å². The smallest absolute Gasteiger partial charge is 0.264 e. The first kappa shape index (κ1) is 14.0. The van der Waals surface area contributed by atoms with Gasteiger partial charge in [-0.15, -0.1) is 0 Å². The Hall–Kier alpha value is -2.94. The van der Waals surface area contributed by atoms with Gasteiger partial charge in [-0.05, 0) is 43.3 Å². The van der Waals surface area contributed by atoms with E-state index >= 15 is 0 Å². The topological polar surface area (TPSA) is 33.2 Å². The number of amides is 1. The van der Waals surface area contributed by atoms with Gasteiger partial charge in [0, 0.05) is 11.3 Å². The molecule has 3 rings (SSSR count). The fourth-order valence-corrected chi connectivity index (χ4v) is 2.29. The molecule has 0 saturated heterocycles. The van der Waals surface area contributed by atoms with E-state index in [0.29, 0.717) is 11.4 Å². The minimum absolute atomic E-state index is 0.0927. The fraction of sp³-hybridized carbons (Fsp3) is 0.0526. The van der Waals surface area contributed by atoms with Crippen molar-refractivity contribution in [3.63, 3.8) is 0 Å². The number of benzene rings is 2. The normalized spacial score (nSPS) is 10.2. The number of carbonyl (C=O) groups excluding carboxylic acids is 1. The van der Waals surface area contributed by atoms with Gasteiger partial charge in [0.25, 0.3) is 5.91 Å². The summed E-state index contributed by atoms with van der Waals surface area (Å²) in [6.07, 6.45) is 0. The monoisotopic (exact) mass is 288 g/mol. The molecular formula is C19H16N2O. The summed E-state index contributed by atoms with van der Waals surface area (Å²) in [6, 6.07) is 24.5. The molecule has 108 valence electrons. The summed E-state index contributed by atoms with van der Waals surface area (Å²) in [4.78, 5) is 19.1. The lowest BCUT2D eigenvalue weighted by molar-refractivity contribution is 0.0998. The molecule has 3 heteroatoms. The van der Waals surface area contributed by atoms with Crippen molar-refractivity contribution in [1.82, 2.24) is 4.98 Å². The van der Waals surface area contributed by atoms with E-state index in [9.17, 15) is 4.79 Å². The summed E-state index contributed by atoms with van der Waals surface area (Å²) in [7, 11) is 0. The molecule has 0 aliphatic heterocycles. The van der Waals surface area contributed by atoms with E-state index in [-0.39, 0.29) is 5.91 Å². The summed E-state index contributed by atoms with van der Waals surface area (Å²) in [5.41, 5.74) is 2.31. The van der Waals surface area contributed by atoms with Crippen LogP contribution in [0.25, 0.3) is 0 Å². The number of aryl methyl sites for hydroxylation is 1. The molecule has 0 bridgehead atoms. The molecule has 0 saturated carbocycles. The van der Waals surface area contributed by atoms with Gasteiger partial charge in [0.1, 0.15) is 5.82 Å². The maximum atomic E-state index is 12.9. The van der Waals surface area contributed by atoms with Gasteiger partial charge >= 0.3 is 0 Å². The number of nitrogens with zero attached hydrogens (tertiary/aromatic N) is 2.